The molecule has 0 spiro atoms. The second-order valence-corrected chi connectivity index (χ2v) is 8.90. The first kappa shape index (κ1) is 24.2. The summed E-state index contributed by atoms with van der Waals surface area (Å²) in [5, 5.41) is 6.63. The third kappa shape index (κ3) is 6.31. The molecule has 3 rings (SSSR count). The summed E-state index contributed by atoms with van der Waals surface area (Å²) < 4.78 is 5.49. The molecule has 0 aliphatic carbocycles. The molecule has 6 nitrogen and oxygen atoms in total. The Hall–Kier alpha value is -2.41. The average Bonchev–Trinajstić information content (AvgIpc) is 2.79. The fourth-order valence-corrected chi connectivity index (χ4v) is 4.10. The third-order valence-electron chi connectivity index (χ3n) is 5.77. The van der Waals surface area contributed by atoms with Crippen LogP contribution in [0.25, 0.3) is 0 Å². The van der Waals surface area contributed by atoms with E-state index in [1.165, 1.54) is 0 Å². The molecule has 2 aromatic rings. The lowest BCUT2D eigenvalue weighted by atomic mass is 10.0. The van der Waals surface area contributed by atoms with E-state index in [1.54, 1.807) is 12.1 Å². The second-order valence-electron chi connectivity index (χ2n) is 8.49. The van der Waals surface area contributed by atoms with E-state index in [2.05, 4.69) is 15.5 Å². The highest BCUT2D eigenvalue weighted by atomic mass is 35.5. The molecule has 1 aliphatic heterocycles. The van der Waals surface area contributed by atoms with Crippen LogP contribution in [0.1, 0.15) is 41.4 Å². The van der Waals surface area contributed by atoms with Crippen molar-refractivity contribution in [1.82, 2.24) is 15.5 Å². The Morgan fingerprint density at radius 3 is 2.34 bits per heavy atom. The van der Waals surface area contributed by atoms with Gasteiger partial charge < -0.3 is 15.4 Å². The summed E-state index contributed by atoms with van der Waals surface area (Å²) in [7, 11) is 0. The van der Waals surface area contributed by atoms with Gasteiger partial charge in [-0.2, -0.15) is 0 Å². The fraction of sp³-hybridized carbons (Fsp3) is 0.440. The van der Waals surface area contributed by atoms with Gasteiger partial charge in [0.15, 0.2) is 0 Å². The van der Waals surface area contributed by atoms with Crippen molar-refractivity contribution in [3.05, 3.63) is 70.2 Å². The number of hydrogen-bond acceptors (Lipinski definition) is 4. The summed E-state index contributed by atoms with van der Waals surface area (Å²) in [6.07, 6.45) is 0. The molecule has 32 heavy (non-hydrogen) atoms. The zero-order chi connectivity index (χ0) is 23.1. The molecule has 2 aromatic carbocycles. The molecule has 7 heteroatoms. The molecule has 2 N–H and O–H groups in total. The number of halogens is 1. The Kier molecular flexibility index (Phi) is 8.67. The Balaban J connectivity index is 1.70. The maximum atomic E-state index is 13.1. The van der Waals surface area contributed by atoms with Crippen molar-refractivity contribution in [2.45, 2.75) is 32.9 Å². The van der Waals surface area contributed by atoms with E-state index in [0.717, 1.165) is 24.2 Å². The minimum Gasteiger partial charge on any atom is -0.379 e. The second kappa shape index (κ2) is 11.5. The first-order valence-electron chi connectivity index (χ1n) is 11.1. The molecule has 1 fully saturated rings. The van der Waals surface area contributed by atoms with Gasteiger partial charge in [0.1, 0.15) is 6.04 Å². The fourth-order valence-electron chi connectivity index (χ4n) is 3.84. The van der Waals surface area contributed by atoms with Gasteiger partial charge in [-0.15, -0.1) is 0 Å². The van der Waals surface area contributed by atoms with Crippen LogP contribution in [0.15, 0.2) is 48.5 Å². The van der Waals surface area contributed by atoms with Crippen LogP contribution in [0.3, 0.4) is 0 Å². The van der Waals surface area contributed by atoms with Gasteiger partial charge in [-0.05, 0) is 36.6 Å². The number of morpholine rings is 1. The zero-order valence-electron chi connectivity index (χ0n) is 18.9. The van der Waals surface area contributed by atoms with Crippen LogP contribution in [-0.4, -0.2) is 55.6 Å². The Labute approximate surface area is 195 Å². The number of rotatable bonds is 8. The zero-order valence-corrected chi connectivity index (χ0v) is 19.7. The smallest absolute Gasteiger partial charge is 0.251 e. The SMILES string of the molecule is Cc1ccc(C(=O)NC(C(=O)NCC(c2ccccc2Cl)N2CCOCC2)C(C)C)cc1. The molecule has 2 atom stereocenters. The summed E-state index contributed by atoms with van der Waals surface area (Å²) >= 11 is 6.49. The van der Waals surface area contributed by atoms with Crippen molar-refractivity contribution < 1.29 is 14.3 Å². The highest BCUT2D eigenvalue weighted by molar-refractivity contribution is 6.31. The van der Waals surface area contributed by atoms with E-state index in [9.17, 15) is 9.59 Å². The number of hydrogen-bond donors (Lipinski definition) is 2. The number of amides is 2. The van der Waals surface area contributed by atoms with Gasteiger partial charge in [0.05, 0.1) is 19.3 Å². The minimum atomic E-state index is -0.639. The van der Waals surface area contributed by atoms with Crippen LogP contribution in [-0.2, 0) is 9.53 Å². The summed E-state index contributed by atoms with van der Waals surface area (Å²) in [5.41, 5.74) is 2.59. The minimum absolute atomic E-state index is 0.0634. The van der Waals surface area contributed by atoms with Crippen LogP contribution < -0.4 is 10.6 Å². The van der Waals surface area contributed by atoms with E-state index in [0.29, 0.717) is 30.3 Å². The highest BCUT2D eigenvalue weighted by Crippen LogP contribution is 2.27. The topological polar surface area (TPSA) is 70.7 Å². The molecule has 2 amide bonds. The van der Waals surface area contributed by atoms with Gasteiger partial charge in [0, 0.05) is 30.2 Å². The van der Waals surface area contributed by atoms with Gasteiger partial charge in [-0.25, -0.2) is 0 Å². The summed E-state index contributed by atoms with van der Waals surface area (Å²) in [6, 6.07) is 14.3. The summed E-state index contributed by atoms with van der Waals surface area (Å²) in [6.45, 7) is 9.04. The van der Waals surface area contributed by atoms with Crippen molar-refractivity contribution in [2.75, 3.05) is 32.8 Å². The van der Waals surface area contributed by atoms with Gasteiger partial charge in [0.2, 0.25) is 5.91 Å². The van der Waals surface area contributed by atoms with Gasteiger partial charge >= 0.3 is 0 Å². The van der Waals surface area contributed by atoms with Crippen molar-refractivity contribution in [2.24, 2.45) is 5.92 Å². The van der Waals surface area contributed by atoms with Crippen LogP contribution in [0.5, 0.6) is 0 Å². The van der Waals surface area contributed by atoms with Crippen molar-refractivity contribution in [1.29, 1.82) is 0 Å². The lowest BCUT2D eigenvalue weighted by Gasteiger charge is -2.35. The van der Waals surface area contributed by atoms with Gasteiger partial charge in [0.25, 0.3) is 5.91 Å². The van der Waals surface area contributed by atoms with Crippen LogP contribution in [0.4, 0.5) is 0 Å². The van der Waals surface area contributed by atoms with Gasteiger partial charge in [-0.3, -0.25) is 14.5 Å². The van der Waals surface area contributed by atoms with Crippen LogP contribution >= 0.6 is 11.6 Å². The maximum absolute atomic E-state index is 13.1. The highest BCUT2D eigenvalue weighted by Gasteiger charge is 2.28. The van der Waals surface area contributed by atoms with Crippen molar-refractivity contribution in [3.63, 3.8) is 0 Å². The molecule has 2 unspecified atom stereocenters. The first-order valence-corrected chi connectivity index (χ1v) is 11.5. The molecule has 1 aliphatic rings. The lowest BCUT2D eigenvalue weighted by molar-refractivity contribution is -0.124. The first-order chi connectivity index (χ1) is 15.4. The van der Waals surface area contributed by atoms with E-state index in [1.807, 2.05) is 57.2 Å². The molecule has 0 aromatic heterocycles. The number of aryl methyl sites for hydroxylation is 1. The predicted octanol–water partition coefficient (Wildman–Crippen LogP) is 3.59. The monoisotopic (exact) mass is 457 g/mol. The Bertz CT molecular complexity index is 911. The average molecular weight is 458 g/mol. The van der Waals surface area contributed by atoms with Crippen LogP contribution in [0, 0.1) is 12.8 Å². The molecular formula is C25H32ClN3O3. The van der Waals surface area contributed by atoms with E-state index in [-0.39, 0.29) is 23.8 Å². The molecular weight excluding hydrogens is 426 g/mol. The summed E-state index contributed by atoms with van der Waals surface area (Å²) in [5.74, 6) is -0.521. The van der Waals surface area contributed by atoms with Crippen molar-refractivity contribution >= 4 is 23.4 Å². The number of benzene rings is 2. The van der Waals surface area contributed by atoms with E-state index < -0.39 is 6.04 Å². The number of carbonyl (C=O) groups is 2. The molecule has 0 bridgehead atoms. The van der Waals surface area contributed by atoms with Gasteiger partial charge in [-0.1, -0.05) is 61.3 Å². The third-order valence-corrected chi connectivity index (χ3v) is 6.11. The Morgan fingerprint density at radius 1 is 1.06 bits per heavy atom. The molecule has 0 radical (unpaired) electrons. The van der Waals surface area contributed by atoms with E-state index >= 15 is 0 Å². The number of nitrogens with one attached hydrogen (secondary N) is 2. The summed E-state index contributed by atoms with van der Waals surface area (Å²) in [4.78, 5) is 28.1. The number of ether oxygens (including phenoxy) is 1. The van der Waals surface area contributed by atoms with Crippen molar-refractivity contribution in [3.8, 4) is 0 Å². The maximum Gasteiger partial charge on any atom is 0.251 e. The molecule has 0 saturated carbocycles. The largest absolute Gasteiger partial charge is 0.379 e. The number of carbonyl (C=O) groups excluding carboxylic acids is 2. The lowest BCUT2D eigenvalue weighted by Crippen LogP contribution is -2.52. The van der Waals surface area contributed by atoms with Crippen LogP contribution in [0.2, 0.25) is 5.02 Å². The standard InChI is InChI=1S/C25H32ClN3O3/c1-17(2)23(28-24(30)19-10-8-18(3)9-11-19)25(31)27-16-22(29-12-14-32-15-13-29)20-6-4-5-7-21(20)26/h4-11,17,22-23H,12-16H2,1-3H3,(H,27,31)(H,28,30). The Morgan fingerprint density at radius 2 is 1.72 bits per heavy atom. The number of nitrogens with zero attached hydrogens (tertiary/aromatic N) is 1. The quantitative estimate of drug-likeness (QED) is 0.635. The predicted molar refractivity (Wildman–Crippen MR) is 127 cm³/mol. The van der Waals surface area contributed by atoms with E-state index in [4.69, 9.17) is 16.3 Å². The molecule has 172 valence electrons. The molecule has 1 saturated heterocycles. The molecule has 1 heterocycles. The normalized spacial score (nSPS) is 16.4.